The van der Waals surface area contributed by atoms with Gasteiger partial charge >= 0.3 is 7.80 Å². The van der Waals surface area contributed by atoms with Crippen molar-refractivity contribution >= 4 is 7.80 Å². The fourth-order valence-corrected chi connectivity index (χ4v) is 3.06. The predicted octanol–water partition coefficient (Wildman–Crippen LogP) is 1.48. The van der Waals surface area contributed by atoms with Gasteiger partial charge in [-0.25, -0.2) is 0 Å². The lowest BCUT2D eigenvalue weighted by atomic mass is 9.85. The Bertz CT molecular complexity index is 184. The fourth-order valence-electron chi connectivity index (χ4n) is 2.03. The van der Waals surface area contributed by atoms with Gasteiger partial charge in [-0.15, -0.1) is 0 Å². The third-order valence-corrected chi connectivity index (χ3v) is 3.67. The van der Waals surface area contributed by atoms with Gasteiger partial charge in [0.05, 0.1) is 19.3 Å². The third-order valence-electron chi connectivity index (χ3n) is 2.68. The first kappa shape index (κ1) is 11.1. The summed E-state index contributed by atoms with van der Waals surface area (Å²) in [6.07, 6.45) is 1.27. The van der Waals surface area contributed by atoms with Gasteiger partial charge in [-0.05, 0) is 5.92 Å². The van der Waals surface area contributed by atoms with Crippen LogP contribution in [0.1, 0.15) is 13.3 Å². The molecular weight excluding hydrogens is 187 g/mol. The van der Waals surface area contributed by atoms with Gasteiger partial charge in [0, 0.05) is 5.92 Å². The van der Waals surface area contributed by atoms with E-state index in [9.17, 15) is 9.67 Å². The molecule has 1 aliphatic rings. The Hall–Kier alpha value is 0.0200. The predicted molar refractivity (Wildman–Crippen MR) is 52.5 cm³/mol. The summed E-state index contributed by atoms with van der Waals surface area (Å²) in [6, 6.07) is 0. The molecule has 0 aromatic carbocycles. The first-order valence-corrected chi connectivity index (χ1v) is 6.68. The molecule has 4 atom stereocenters. The lowest BCUT2D eigenvalue weighted by Gasteiger charge is -2.32. The highest BCUT2D eigenvalue weighted by Crippen LogP contribution is 2.31. The fraction of sp³-hybridized carbons (Fsp3) is 1.00. The third kappa shape index (κ3) is 3.01. The normalized spacial score (nSPS) is 35.9. The lowest BCUT2D eigenvalue weighted by molar-refractivity contribution is -0.0738. The van der Waals surface area contributed by atoms with Gasteiger partial charge in [-0.2, -0.15) is 0 Å². The highest BCUT2D eigenvalue weighted by molar-refractivity contribution is 7.43. The van der Waals surface area contributed by atoms with Crippen molar-refractivity contribution in [3.8, 4) is 0 Å². The molecule has 0 amide bonds. The number of hydrogen-bond donors (Lipinski definition) is 1. The topological polar surface area (TPSA) is 46.5 Å². The van der Waals surface area contributed by atoms with Crippen molar-refractivity contribution in [3.05, 3.63) is 0 Å². The average Bonchev–Trinajstić information content (AvgIpc) is 2.03. The second-order valence-corrected chi connectivity index (χ2v) is 5.37. The first-order valence-electron chi connectivity index (χ1n) is 4.79. The molecule has 3 nitrogen and oxygen atoms in total. The van der Waals surface area contributed by atoms with Crippen molar-refractivity contribution in [2.24, 2.45) is 11.8 Å². The second-order valence-electron chi connectivity index (χ2n) is 3.75. The first-order chi connectivity index (χ1) is 6.15. The second kappa shape index (κ2) is 5.04. The summed E-state index contributed by atoms with van der Waals surface area (Å²) in [5, 5.41) is 9.63. The number of ether oxygens (including phenoxy) is 1. The molecule has 1 heterocycles. The molecular formula is C9H18O3P+. The quantitative estimate of drug-likeness (QED) is 0.710. The van der Waals surface area contributed by atoms with Crippen molar-refractivity contribution in [2.45, 2.75) is 19.4 Å². The Balaban J connectivity index is 2.53. The van der Waals surface area contributed by atoms with Crippen molar-refractivity contribution < 1.29 is 14.4 Å². The van der Waals surface area contributed by atoms with Crippen LogP contribution < -0.4 is 0 Å². The molecule has 1 aliphatic heterocycles. The van der Waals surface area contributed by atoms with Gasteiger partial charge in [0.15, 0.2) is 6.16 Å². The van der Waals surface area contributed by atoms with Crippen molar-refractivity contribution in [3.63, 3.8) is 0 Å². The van der Waals surface area contributed by atoms with Crippen LogP contribution >= 0.6 is 7.80 Å². The summed E-state index contributed by atoms with van der Waals surface area (Å²) < 4.78 is 16.3. The monoisotopic (exact) mass is 205 g/mol. The number of aliphatic hydroxyl groups is 1. The molecule has 1 fully saturated rings. The lowest BCUT2D eigenvalue weighted by Crippen LogP contribution is -2.40. The van der Waals surface area contributed by atoms with Crippen molar-refractivity contribution in [1.82, 2.24) is 0 Å². The molecule has 13 heavy (non-hydrogen) atoms. The summed E-state index contributed by atoms with van der Waals surface area (Å²) in [4.78, 5) is 0. The maximum Gasteiger partial charge on any atom is 0.335 e. The summed E-state index contributed by atoms with van der Waals surface area (Å²) >= 11 is 0. The van der Waals surface area contributed by atoms with Gasteiger partial charge < -0.3 is 9.84 Å². The summed E-state index contributed by atoms with van der Waals surface area (Å²) in [5.41, 5.74) is 0. The van der Waals surface area contributed by atoms with Crippen LogP contribution in [0.3, 0.4) is 0 Å². The molecule has 76 valence electrons. The summed E-state index contributed by atoms with van der Waals surface area (Å²) in [6.45, 7) is 4.90. The Morgan fingerprint density at radius 3 is 2.77 bits per heavy atom. The van der Waals surface area contributed by atoms with Crippen LogP contribution in [0.4, 0.5) is 0 Å². The summed E-state index contributed by atoms with van der Waals surface area (Å²) in [7, 11) is -1.12. The van der Waals surface area contributed by atoms with E-state index < -0.39 is 7.80 Å². The molecule has 1 N–H and O–H groups in total. The van der Waals surface area contributed by atoms with E-state index in [1.54, 1.807) is 6.66 Å². The van der Waals surface area contributed by atoms with Gasteiger partial charge in [-0.3, -0.25) is 0 Å². The molecule has 0 aromatic heterocycles. The summed E-state index contributed by atoms with van der Waals surface area (Å²) in [5.74, 6) is 0.551. The van der Waals surface area contributed by atoms with Gasteiger partial charge in [0.25, 0.3) is 0 Å². The van der Waals surface area contributed by atoms with Gasteiger partial charge in [0.2, 0.25) is 0 Å². The van der Waals surface area contributed by atoms with Crippen LogP contribution in [0, 0.1) is 11.8 Å². The molecule has 0 radical (unpaired) electrons. The van der Waals surface area contributed by atoms with E-state index in [2.05, 4.69) is 6.92 Å². The molecule has 4 unspecified atom stereocenters. The maximum absolute atomic E-state index is 11.1. The number of hydrogen-bond acceptors (Lipinski definition) is 3. The van der Waals surface area contributed by atoms with Crippen LogP contribution in [-0.2, 0) is 9.30 Å². The van der Waals surface area contributed by atoms with E-state index >= 15 is 0 Å². The zero-order valence-electron chi connectivity index (χ0n) is 8.27. The van der Waals surface area contributed by atoms with Crippen molar-refractivity contribution in [2.75, 3.05) is 26.0 Å². The standard InChI is InChI=1S/C9H18O3P/c1-3-8-7(6-13(2)11)4-12-5-9(8)10/h7-10H,3-6H2,1-2H3/q+1. The maximum atomic E-state index is 11.1. The van der Waals surface area contributed by atoms with Crippen LogP contribution in [0.5, 0.6) is 0 Å². The molecule has 0 aliphatic carbocycles. The number of rotatable bonds is 3. The molecule has 0 saturated carbocycles. The molecule has 4 heteroatoms. The zero-order valence-corrected chi connectivity index (χ0v) is 9.17. The van der Waals surface area contributed by atoms with E-state index in [1.165, 1.54) is 0 Å². The van der Waals surface area contributed by atoms with Crippen LogP contribution in [0.25, 0.3) is 0 Å². The molecule has 0 bridgehead atoms. The van der Waals surface area contributed by atoms with Gasteiger partial charge in [-0.1, -0.05) is 17.9 Å². The van der Waals surface area contributed by atoms with E-state index in [1.807, 2.05) is 0 Å². The minimum absolute atomic E-state index is 0.271. The number of aliphatic hydroxyl groups excluding tert-OH is 1. The van der Waals surface area contributed by atoms with E-state index in [4.69, 9.17) is 4.74 Å². The Morgan fingerprint density at radius 2 is 2.23 bits per heavy atom. The Labute approximate surface area is 80.3 Å². The van der Waals surface area contributed by atoms with E-state index in [0.29, 0.717) is 19.4 Å². The molecule has 1 rings (SSSR count). The minimum atomic E-state index is -1.12. The highest BCUT2D eigenvalue weighted by Gasteiger charge is 2.35. The van der Waals surface area contributed by atoms with Crippen LogP contribution in [0.2, 0.25) is 0 Å². The Morgan fingerprint density at radius 1 is 1.54 bits per heavy atom. The highest BCUT2D eigenvalue weighted by atomic mass is 31.1. The van der Waals surface area contributed by atoms with E-state index in [0.717, 1.165) is 6.42 Å². The van der Waals surface area contributed by atoms with Crippen molar-refractivity contribution in [1.29, 1.82) is 0 Å². The molecule has 0 aromatic rings. The average molecular weight is 205 g/mol. The van der Waals surface area contributed by atoms with Crippen LogP contribution in [-0.4, -0.2) is 37.3 Å². The SMILES string of the molecule is CCC1C(O)COCC1C[P+](C)=O. The largest absolute Gasteiger partial charge is 0.390 e. The molecule has 0 spiro atoms. The van der Waals surface area contributed by atoms with Crippen LogP contribution in [0.15, 0.2) is 0 Å². The van der Waals surface area contributed by atoms with Gasteiger partial charge in [0.1, 0.15) is 6.66 Å². The smallest absolute Gasteiger partial charge is 0.335 e. The van der Waals surface area contributed by atoms with E-state index in [-0.39, 0.29) is 17.9 Å². The Kier molecular flexibility index (Phi) is 4.30. The molecule has 1 saturated heterocycles. The zero-order chi connectivity index (χ0) is 9.84. The minimum Gasteiger partial charge on any atom is -0.390 e.